The predicted octanol–water partition coefficient (Wildman–Crippen LogP) is 7.53. The number of benzene rings is 4. The largest absolute Gasteiger partial charge is 0.192 e. The maximum atomic E-state index is 9.05. The van der Waals surface area contributed by atoms with Crippen molar-refractivity contribution in [3.05, 3.63) is 107 Å². The van der Waals surface area contributed by atoms with E-state index in [4.69, 9.17) is 10.5 Å². The van der Waals surface area contributed by atoms with E-state index in [0.29, 0.717) is 11.1 Å². The summed E-state index contributed by atoms with van der Waals surface area (Å²) in [6, 6.07) is 32.6. The van der Waals surface area contributed by atoms with E-state index in [-0.39, 0.29) is 0 Å². The average molecular weight is 417 g/mol. The van der Waals surface area contributed by atoms with Crippen molar-refractivity contribution in [2.24, 2.45) is 0 Å². The molecule has 0 aromatic heterocycles. The Kier molecular flexibility index (Phi) is 5.89. The quantitative estimate of drug-likeness (QED) is 0.345. The van der Waals surface area contributed by atoms with Crippen LogP contribution in [0.5, 0.6) is 0 Å². The van der Waals surface area contributed by atoms with Gasteiger partial charge in [-0.3, -0.25) is 0 Å². The van der Waals surface area contributed by atoms with Gasteiger partial charge in [0.15, 0.2) is 0 Å². The molecule has 4 aromatic carbocycles. The van der Waals surface area contributed by atoms with Crippen molar-refractivity contribution < 1.29 is 0 Å². The lowest BCUT2D eigenvalue weighted by atomic mass is 9.99. The van der Waals surface area contributed by atoms with E-state index in [1.807, 2.05) is 48.5 Å². The van der Waals surface area contributed by atoms with Crippen LogP contribution in [0.15, 0.2) is 94.7 Å². The zero-order chi connectivity index (χ0) is 21.8. The smallest absolute Gasteiger partial charge is 0.0991 e. The molecule has 0 aliphatic carbocycles. The van der Waals surface area contributed by atoms with Gasteiger partial charge in [-0.05, 0) is 83.6 Å². The van der Waals surface area contributed by atoms with E-state index in [0.717, 1.165) is 11.1 Å². The molecular formula is C28H20N2S. The van der Waals surface area contributed by atoms with Gasteiger partial charge < -0.3 is 0 Å². The molecule has 0 saturated carbocycles. The van der Waals surface area contributed by atoms with Crippen LogP contribution in [0.4, 0.5) is 0 Å². The molecule has 0 bridgehead atoms. The third-order valence-corrected chi connectivity index (χ3v) is 6.76. The van der Waals surface area contributed by atoms with E-state index < -0.39 is 0 Å². The maximum absolute atomic E-state index is 9.05. The Labute approximate surface area is 187 Å². The van der Waals surface area contributed by atoms with Gasteiger partial charge in [-0.15, -0.1) is 0 Å². The van der Waals surface area contributed by atoms with E-state index in [2.05, 4.69) is 62.4 Å². The lowest BCUT2D eigenvalue weighted by molar-refractivity contribution is 1.26. The average Bonchev–Trinajstić information content (AvgIpc) is 2.82. The Morgan fingerprint density at radius 2 is 0.935 bits per heavy atom. The van der Waals surface area contributed by atoms with Crippen LogP contribution in [-0.2, 0) is 0 Å². The summed E-state index contributed by atoms with van der Waals surface area (Å²) in [4.78, 5) is 2.42. The van der Waals surface area contributed by atoms with E-state index in [9.17, 15) is 0 Å². The van der Waals surface area contributed by atoms with Crippen molar-refractivity contribution in [2.75, 3.05) is 0 Å². The Bertz CT molecular complexity index is 1220. The van der Waals surface area contributed by atoms with Crippen LogP contribution in [0, 0.1) is 36.5 Å². The van der Waals surface area contributed by atoms with E-state index >= 15 is 0 Å². The summed E-state index contributed by atoms with van der Waals surface area (Å²) in [7, 11) is 0. The van der Waals surface area contributed by atoms with Crippen LogP contribution in [0.25, 0.3) is 22.3 Å². The Balaban J connectivity index is 1.68. The standard InChI is InChI=1S/C28H20N2S/c1-19-25(23-13-9-21(17-29)10-14-23)5-3-7-27(19)31-28-8-4-6-26(20(28)2)24-15-11-22(18-30)12-16-24/h3-16H,1-2H3. The summed E-state index contributed by atoms with van der Waals surface area (Å²) < 4.78 is 0. The molecule has 0 spiro atoms. The summed E-state index contributed by atoms with van der Waals surface area (Å²) in [5.41, 5.74) is 8.36. The molecule has 4 aromatic rings. The summed E-state index contributed by atoms with van der Waals surface area (Å²) in [6.07, 6.45) is 0. The van der Waals surface area contributed by atoms with Gasteiger partial charge in [0.2, 0.25) is 0 Å². The second kappa shape index (κ2) is 8.92. The van der Waals surface area contributed by atoms with Crippen molar-refractivity contribution in [3.8, 4) is 34.4 Å². The lowest BCUT2D eigenvalue weighted by Gasteiger charge is -2.15. The van der Waals surface area contributed by atoms with Gasteiger partial charge in [0.05, 0.1) is 23.3 Å². The molecule has 0 saturated heterocycles. The van der Waals surface area contributed by atoms with Gasteiger partial charge >= 0.3 is 0 Å². The third-order valence-electron chi connectivity index (χ3n) is 5.44. The summed E-state index contributed by atoms with van der Waals surface area (Å²) in [5, 5.41) is 18.1. The number of hydrogen-bond acceptors (Lipinski definition) is 3. The number of nitriles is 2. The molecule has 0 radical (unpaired) electrons. The fourth-order valence-electron chi connectivity index (χ4n) is 3.64. The van der Waals surface area contributed by atoms with Crippen molar-refractivity contribution in [1.29, 1.82) is 10.5 Å². The topological polar surface area (TPSA) is 47.6 Å². The minimum atomic E-state index is 0.669. The number of hydrogen-bond donors (Lipinski definition) is 0. The Hall–Kier alpha value is -3.79. The first-order valence-corrected chi connectivity index (χ1v) is 10.8. The van der Waals surface area contributed by atoms with Gasteiger partial charge in [-0.25, -0.2) is 0 Å². The van der Waals surface area contributed by atoms with Gasteiger partial charge in [0, 0.05) is 9.79 Å². The van der Waals surface area contributed by atoms with Gasteiger partial charge in [0.25, 0.3) is 0 Å². The molecular weight excluding hydrogens is 396 g/mol. The summed E-state index contributed by atoms with van der Waals surface area (Å²) >= 11 is 1.77. The molecule has 0 N–H and O–H groups in total. The van der Waals surface area contributed by atoms with Gasteiger partial charge in [-0.2, -0.15) is 10.5 Å². The molecule has 0 heterocycles. The van der Waals surface area contributed by atoms with Crippen LogP contribution in [0.3, 0.4) is 0 Å². The van der Waals surface area contributed by atoms with Crippen LogP contribution in [0.2, 0.25) is 0 Å². The normalized spacial score (nSPS) is 10.3. The minimum absolute atomic E-state index is 0.669. The van der Waals surface area contributed by atoms with E-state index in [1.165, 1.54) is 32.0 Å². The molecule has 0 fully saturated rings. The Morgan fingerprint density at radius 3 is 1.29 bits per heavy atom. The van der Waals surface area contributed by atoms with Crippen molar-refractivity contribution in [1.82, 2.24) is 0 Å². The predicted molar refractivity (Wildman–Crippen MR) is 127 cm³/mol. The highest BCUT2D eigenvalue weighted by Gasteiger charge is 2.11. The molecule has 31 heavy (non-hydrogen) atoms. The molecule has 2 nitrogen and oxygen atoms in total. The molecule has 0 amide bonds. The maximum Gasteiger partial charge on any atom is 0.0991 e. The van der Waals surface area contributed by atoms with E-state index in [1.54, 1.807) is 11.8 Å². The molecule has 0 aliphatic rings. The highest BCUT2D eigenvalue weighted by Crippen LogP contribution is 2.39. The highest BCUT2D eigenvalue weighted by atomic mass is 32.2. The molecule has 0 unspecified atom stereocenters. The molecule has 0 aliphatic heterocycles. The summed E-state index contributed by atoms with van der Waals surface area (Å²) in [6.45, 7) is 4.30. The minimum Gasteiger partial charge on any atom is -0.192 e. The monoisotopic (exact) mass is 416 g/mol. The van der Waals surface area contributed by atoms with Gasteiger partial charge in [0.1, 0.15) is 0 Å². The Morgan fingerprint density at radius 1 is 0.548 bits per heavy atom. The van der Waals surface area contributed by atoms with Gasteiger partial charge in [-0.1, -0.05) is 60.3 Å². The number of nitrogens with zero attached hydrogens (tertiary/aromatic N) is 2. The fourth-order valence-corrected chi connectivity index (χ4v) is 4.70. The first-order chi connectivity index (χ1) is 15.1. The third kappa shape index (κ3) is 4.24. The second-order valence-corrected chi connectivity index (χ2v) is 8.42. The zero-order valence-electron chi connectivity index (χ0n) is 17.4. The SMILES string of the molecule is Cc1c(Sc2cccc(-c3ccc(C#N)cc3)c2C)cccc1-c1ccc(C#N)cc1. The second-order valence-electron chi connectivity index (χ2n) is 7.34. The molecule has 4 rings (SSSR count). The zero-order valence-corrected chi connectivity index (χ0v) is 18.2. The first kappa shape index (κ1) is 20.5. The van der Waals surface area contributed by atoms with Crippen molar-refractivity contribution in [2.45, 2.75) is 23.6 Å². The molecule has 3 heteroatoms. The highest BCUT2D eigenvalue weighted by molar-refractivity contribution is 7.99. The van der Waals surface area contributed by atoms with Crippen LogP contribution < -0.4 is 0 Å². The molecule has 148 valence electrons. The van der Waals surface area contributed by atoms with Crippen LogP contribution >= 0.6 is 11.8 Å². The van der Waals surface area contributed by atoms with Crippen molar-refractivity contribution >= 4 is 11.8 Å². The summed E-state index contributed by atoms with van der Waals surface area (Å²) in [5.74, 6) is 0. The number of rotatable bonds is 4. The first-order valence-electron chi connectivity index (χ1n) is 9.99. The molecule has 0 atom stereocenters. The van der Waals surface area contributed by atoms with Crippen molar-refractivity contribution in [3.63, 3.8) is 0 Å². The van der Waals surface area contributed by atoms with Crippen LogP contribution in [-0.4, -0.2) is 0 Å². The van der Waals surface area contributed by atoms with Crippen LogP contribution in [0.1, 0.15) is 22.3 Å². The fraction of sp³-hybridized carbons (Fsp3) is 0.0714. The lowest BCUT2D eigenvalue weighted by Crippen LogP contribution is -1.90.